The number of benzene rings is 1. The third kappa shape index (κ3) is 4.33. The lowest BCUT2D eigenvalue weighted by Gasteiger charge is -2.25. The summed E-state index contributed by atoms with van der Waals surface area (Å²) in [4.78, 5) is 14.0. The van der Waals surface area contributed by atoms with E-state index in [9.17, 15) is 4.79 Å². The van der Waals surface area contributed by atoms with Crippen LogP contribution >= 0.6 is 27.7 Å². The Balaban J connectivity index is 1.82. The zero-order chi connectivity index (χ0) is 12.1. The summed E-state index contributed by atoms with van der Waals surface area (Å²) in [5, 5.41) is 2.91. The number of nitrogens with one attached hydrogen (secondary N) is 1. The van der Waals surface area contributed by atoms with Crippen LogP contribution in [-0.2, 0) is 4.79 Å². The SMILES string of the molecule is O=C(CN1CCSCC1)Nc1ccc(Br)cc1. The Bertz CT molecular complexity index is 377. The molecule has 1 fully saturated rings. The number of nitrogens with zero attached hydrogens (tertiary/aromatic N) is 1. The summed E-state index contributed by atoms with van der Waals surface area (Å²) in [5.74, 6) is 2.33. The minimum Gasteiger partial charge on any atom is -0.325 e. The van der Waals surface area contributed by atoms with E-state index >= 15 is 0 Å². The van der Waals surface area contributed by atoms with Crippen LogP contribution in [0.2, 0.25) is 0 Å². The molecule has 2 rings (SSSR count). The molecular formula is C12H15BrN2OS. The molecule has 1 aromatic carbocycles. The summed E-state index contributed by atoms with van der Waals surface area (Å²) < 4.78 is 1.02. The second-order valence-electron chi connectivity index (χ2n) is 3.94. The van der Waals surface area contributed by atoms with Gasteiger partial charge in [-0.25, -0.2) is 0 Å². The van der Waals surface area contributed by atoms with Crippen molar-refractivity contribution in [3.8, 4) is 0 Å². The molecule has 0 atom stereocenters. The average molecular weight is 315 g/mol. The van der Waals surface area contributed by atoms with E-state index in [1.165, 1.54) is 0 Å². The third-order valence-corrected chi connectivity index (χ3v) is 4.07. The fraction of sp³-hybridized carbons (Fsp3) is 0.417. The first-order chi connectivity index (χ1) is 8.24. The molecule has 5 heteroatoms. The van der Waals surface area contributed by atoms with Gasteiger partial charge in [0, 0.05) is 34.8 Å². The van der Waals surface area contributed by atoms with E-state index in [2.05, 4.69) is 26.1 Å². The van der Waals surface area contributed by atoms with E-state index in [-0.39, 0.29) is 5.91 Å². The van der Waals surface area contributed by atoms with Crippen molar-refractivity contribution >= 4 is 39.3 Å². The van der Waals surface area contributed by atoms with E-state index in [4.69, 9.17) is 0 Å². The number of carbonyl (C=O) groups is 1. The molecule has 1 aromatic rings. The van der Waals surface area contributed by atoms with Crippen molar-refractivity contribution in [2.45, 2.75) is 0 Å². The standard InChI is InChI=1S/C12H15BrN2OS/c13-10-1-3-11(4-2-10)14-12(16)9-15-5-7-17-8-6-15/h1-4H,5-9H2,(H,14,16). The molecule has 0 saturated carbocycles. The van der Waals surface area contributed by atoms with Gasteiger partial charge in [-0.05, 0) is 24.3 Å². The summed E-state index contributed by atoms with van der Waals surface area (Å²) >= 11 is 5.32. The maximum atomic E-state index is 11.8. The largest absolute Gasteiger partial charge is 0.325 e. The van der Waals surface area contributed by atoms with Gasteiger partial charge in [0.15, 0.2) is 0 Å². The van der Waals surface area contributed by atoms with Gasteiger partial charge < -0.3 is 5.32 Å². The van der Waals surface area contributed by atoms with Crippen LogP contribution in [-0.4, -0.2) is 41.9 Å². The maximum Gasteiger partial charge on any atom is 0.238 e. The molecule has 0 spiro atoms. The van der Waals surface area contributed by atoms with Gasteiger partial charge in [-0.3, -0.25) is 9.69 Å². The molecule has 0 radical (unpaired) electrons. The minimum atomic E-state index is 0.0687. The Labute approximate surface area is 114 Å². The second kappa shape index (κ2) is 6.42. The monoisotopic (exact) mass is 314 g/mol. The fourth-order valence-corrected chi connectivity index (χ4v) is 2.94. The van der Waals surface area contributed by atoms with Crippen molar-refractivity contribution in [3.63, 3.8) is 0 Å². The molecule has 0 unspecified atom stereocenters. The fourth-order valence-electron chi connectivity index (χ4n) is 1.70. The van der Waals surface area contributed by atoms with E-state index in [1.54, 1.807) is 0 Å². The van der Waals surface area contributed by atoms with Crippen LogP contribution in [0.3, 0.4) is 0 Å². The Morgan fingerprint density at radius 1 is 1.29 bits per heavy atom. The first-order valence-corrected chi connectivity index (χ1v) is 7.54. The number of amides is 1. The molecule has 0 bridgehead atoms. The van der Waals surface area contributed by atoms with Gasteiger partial charge in [0.1, 0.15) is 0 Å². The molecule has 0 aliphatic carbocycles. The van der Waals surface area contributed by atoms with Crippen LogP contribution in [0.15, 0.2) is 28.7 Å². The van der Waals surface area contributed by atoms with Crippen LogP contribution in [0.4, 0.5) is 5.69 Å². The summed E-state index contributed by atoms with van der Waals surface area (Å²) in [5.41, 5.74) is 0.851. The van der Waals surface area contributed by atoms with Gasteiger partial charge in [0.25, 0.3) is 0 Å². The van der Waals surface area contributed by atoms with E-state index in [0.717, 1.165) is 34.8 Å². The smallest absolute Gasteiger partial charge is 0.238 e. The van der Waals surface area contributed by atoms with Crippen LogP contribution in [0.1, 0.15) is 0 Å². The van der Waals surface area contributed by atoms with Crippen LogP contribution in [0.25, 0.3) is 0 Å². The number of thioether (sulfide) groups is 1. The van der Waals surface area contributed by atoms with Crippen molar-refractivity contribution in [3.05, 3.63) is 28.7 Å². The molecule has 1 heterocycles. The Morgan fingerprint density at radius 2 is 1.94 bits per heavy atom. The molecule has 17 heavy (non-hydrogen) atoms. The molecule has 1 N–H and O–H groups in total. The van der Waals surface area contributed by atoms with E-state index in [0.29, 0.717) is 6.54 Å². The zero-order valence-corrected chi connectivity index (χ0v) is 11.9. The van der Waals surface area contributed by atoms with Crippen molar-refractivity contribution < 1.29 is 4.79 Å². The lowest BCUT2D eigenvalue weighted by molar-refractivity contribution is -0.117. The number of anilines is 1. The number of carbonyl (C=O) groups excluding carboxylic acids is 1. The Morgan fingerprint density at radius 3 is 2.59 bits per heavy atom. The zero-order valence-electron chi connectivity index (χ0n) is 9.49. The molecule has 1 saturated heterocycles. The molecule has 92 valence electrons. The van der Waals surface area contributed by atoms with Gasteiger partial charge in [0.05, 0.1) is 6.54 Å². The first kappa shape index (κ1) is 12.9. The van der Waals surface area contributed by atoms with Gasteiger partial charge in [0.2, 0.25) is 5.91 Å². The highest BCUT2D eigenvalue weighted by molar-refractivity contribution is 9.10. The van der Waals surface area contributed by atoms with Gasteiger partial charge >= 0.3 is 0 Å². The minimum absolute atomic E-state index is 0.0687. The first-order valence-electron chi connectivity index (χ1n) is 5.59. The highest BCUT2D eigenvalue weighted by atomic mass is 79.9. The molecule has 1 amide bonds. The van der Waals surface area contributed by atoms with Crippen LogP contribution < -0.4 is 5.32 Å². The predicted octanol–water partition coefficient (Wildman–Crippen LogP) is 2.44. The van der Waals surface area contributed by atoms with Crippen molar-refractivity contribution in [2.75, 3.05) is 36.5 Å². The van der Waals surface area contributed by atoms with Gasteiger partial charge in [-0.2, -0.15) is 11.8 Å². The van der Waals surface area contributed by atoms with E-state index < -0.39 is 0 Å². The second-order valence-corrected chi connectivity index (χ2v) is 6.08. The topological polar surface area (TPSA) is 32.3 Å². The maximum absolute atomic E-state index is 11.8. The number of hydrogen-bond acceptors (Lipinski definition) is 3. The molecule has 3 nitrogen and oxygen atoms in total. The van der Waals surface area contributed by atoms with Crippen LogP contribution in [0, 0.1) is 0 Å². The van der Waals surface area contributed by atoms with Gasteiger partial charge in [-0.15, -0.1) is 0 Å². The van der Waals surface area contributed by atoms with E-state index in [1.807, 2.05) is 36.0 Å². The molecular weight excluding hydrogens is 300 g/mol. The number of halogens is 1. The summed E-state index contributed by atoms with van der Waals surface area (Å²) in [7, 11) is 0. The highest BCUT2D eigenvalue weighted by Crippen LogP contribution is 2.14. The Hall–Kier alpha value is -0.520. The number of hydrogen-bond donors (Lipinski definition) is 1. The third-order valence-electron chi connectivity index (χ3n) is 2.60. The average Bonchev–Trinajstić information content (AvgIpc) is 2.33. The summed E-state index contributed by atoms with van der Waals surface area (Å²) in [6.07, 6.45) is 0. The van der Waals surface area contributed by atoms with Crippen molar-refractivity contribution in [1.29, 1.82) is 0 Å². The lowest BCUT2D eigenvalue weighted by atomic mass is 10.3. The highest BCUT2D eigenvalue weighted by Gasteiger charge is 2.13. The Kier molecular flexibility index (Phi) is 4.88. The van der Waals surface area contributed by atoms with Gasteiger partial charge in [-0.1, -0.05) is 15.9 Å². The van der Waals surface area contributed by atoms with Crippen molar-refractivity contribution in [2.24, 2.45) is 0 Å². The normalized spacial score (nSPS) is 16.8. The van der Waals surface area contributed by atoms with Crippen LogP contribution in [0.5, 0.6) is 0 Å². The quantitative estimate of drug-likeness (QED) is 0.930. The molecule has 0 aromatic heterocycles. The predicted molar refractivity (Wildman–Crippen MR) is 76.5 cm³/mol. The number of rotatable bonds is 3. The summed E-state index contributed by atoms with van der Waals surface area (Å²) in [6.45, 7) is 2.52. The summed E-state index contributed by atoms with van der Waals surface area (Å²) in [6, 6.07) is 7.64. The molecule has 1 aliphatic heterocycles. The lowest BCUT2D eigenvalue weighted by Crippen LogP contribution is -2.38. The van der Waals surface area contributed by atoms with Crippen molar-refractivity contribution in [1.82, 2.24) is 4.90 Å². The molecule has 1 aliphatic rings.